The molecule has 0 aliphatic rings. The standard InChI is InChI=1S/C11H7F4N.2C2H6/c1-6-9-4-7(12)5-10(11(13,14)15)8(9)2-3-16-6;2*1-2/h2-5H,1H3;2*1-2H3. The van der Waals surface area contributed by atoms with Crippen molar-refractivity contribution in [3.8, 4) is 0 Å². The van der Waals surface area contributed by atoms with Gasteiger partial charge in [0.25, 0.3) is 0 Å². The van der Waals surface area contributed by atoms with Gasteiger partial charge < -0.3 is 0 Å². The normalized spacial score (nSPS) is 10.2. The molecular weight excluding hydrogens is 270 g/mol. The molecule has 0 saturated carbocycles. The zero-order valence-electron chi connectivity index (χ0n) is 12.3. The number of hydrogen-bond acceptors (Lipinski definition) is 1. The molecule has 0 aliphatic carbocycles. The van der Waals surface area contributed by atoms with Crippen molar-refractivity contribution < 1.29 is 17.6 Å². The Balaban J connectivity index is 0.000000829. The summed E-state index contributed by atoms with van der Waals surface area (Å²) in [6, 6.07) is 2.80. The van der Waals surface area contributed by atoms with Crippen molar-refractivity contribution >= 4 is 10.8 Å². The van der Waals surface area contributed by atoms with Crippen LogP contribution in [0, 0.1) is 12.7 Å². The van der Waals surface area contributed by atoms with E-state index < -0.39 is 17.6 Å². The van der Waals surface area contributed by atoms with E-state index in [2.05, 4.69) is 4.98 Å². The van der Waals surface area contributed by atoms with Gasteiger partial charge in [0, 0.05) is 17.3 Å². The number of pyridine rings is 1. The summed E-state index contributed by atoms with van der Waals surface area (Å²) >= 11 is 0. The average molecular weight is 289 g/mol. The first-order valence-corrected chi connectivity index (χ1v) is 6.51. The maximum atomic E-state index is 13.1. The van der Waals surface area contributed by atoms with Crippen molar-refractivity contribution in [1.82, 2.24) is 4.98 Å². The summed E-state index contributed by atoms with van der Waals surface area (Å²) in [4.78, 5) is 3.84. The first-order valence-electron chi connectivity index (χ1n) is 6.51. The zero-order valence-corrected chi connectivity index (χ0v) is 12.3. The number of aryl methyl sites for hydroxylation is 1. The number of hydrogen-bond donors (Lipinski definition) is 0. The summed E-state index contributed by atoms with van der Waals surface area (Å²) in [5.74, 6) is -0.907. The minimum absolute atomic E-state index is 0.0265. The first-order chi connectivity index (χ1) is 9.39. The summed E-state index contributed by atoms with van der Waals surface area (Å²) in [5.41, 5.74) is -0.587. The van der Waals surface area contributed by atoms with Crippen LogP contribution in [-0.2, 0) is 6.18 Å². The minimum Gasteiger partial charge on any atom is -0.261 e. The van der Waals surface area contributed by atoms with Crippen LogP contribution < -0.4 is 0 Å². The molecule has 0 fully saturated rings. The Bertz CT molecular complexity index is 547. The highest BCUT2D eigenvalue weighted by molar-refractivity contribution is 5.87. The van der Waals surface area contributed by atoms with Crippen LogP contribution >= 0.6 is 0 Å². The van der Waals surface area contributed by atoms with E-state index in [1.165, 1.54) is 12.3 Å². The van der Waals surface area contributed by atoms with Crippen LogP contribution in [-0.4, -0.2) is 4.98 Å². The molecule has 0 unspecified atom stereocenters. The SMILES string of the molecule is CC.CC.Cc1nccc2c(C(F)(F)F)cc(F)cc12. The second-order valence-electron chi connectivity index (χ2n) is 3.44. The van der Waals surface area contributed by atoms with Crippen molar-refractivity contribution in [2.45, 2.75) is 40.8 Å². The van der Waals surface area contributed by atoms with Crippen LogP contribution in [0.25, 0.3) is 10.8 Å². The fourth-order valence-corrected chi connectivity index (χ4v) is 1.62. The van der Waals surface area contributed by atoms with E-state index in [4.69, 9.17) is 0 Å². The molecule has 0 saturated heterocycles. The highest BCUT2D eigenvalue weighted by Crippen LogP contribution is 2.35. The van der Waals surface area contributed by atoms with Gasteiger partial charge in [0.2, 0.25) is 0 Å². The van der Waals surface area contributed by atoms with Crippen molar-refractivity contribution in [3.63, 3.8) is 0 Å². The first kappa shape index (κ1) is 18.4. The molecule has 1 aromatic heterocycles. The fraction of sp³-hybridized carbons (Fsp3) is 0.400. The van der Waals surface area contributed by atoms with Crippen LogP contribution in [0.15, 0.2) is 24.4 Å². The van der Waals surface area contributed by atoms with Crippen LogP contribution in [0.5, 0.6) is 0 Å². The van der Waals surface area contributed by atoms with Gasteiger partial charge in [0.05, 0.1) is 5.56 Å². The second-order valence-corrected chi connectivity index (χ2v) is 3.44. The molecule has 5 heteroatoms. The van der Waals surface area contributed by atoms with E-state index in [1.807, 2.05) is 27.7 Å². The Morgan fingerprint density at radius 3 is 2.00 bits per heavy atom. The van der Waals surface area contributed by atoms with E-state index in [9.17, 15) is 17.6 Å². The number of fused-ring (bicyclic) bond motifs is 1. The number of rotatable bonds is 0. The lowest BCUT2D eigenvalue weighted by atomic mass is 10.0. The van der Waals surface area contributed by atoms with Gasteiger partial charge in [-0.25, -0.2) is 4.39 Å². The number of halogens is 4. The quantitative estimate of drug-likeness (QED) is 0.562. The van der Waals surface area contributed by atoms with E-state index in [0.717, 1.165) is 6.07 Å². The van der Waals surface area contributed by atoms with Gasteiger partial charge in [0.15, 0.2) is 0 Å². The molecular formula is C15H19F4N. The van der Waals surface area contributed by atoms with E-state index in [-0.39, 0.29) is 10.8 Å². The van der Waals surface area contributed by atoms with Crippen LogP contribution in [0.1, 0.15) is 39.0 Å². The number of alkyl halides is 3. The van der Waals surface area contributed by atoms with Gasteiger partial charge in [-0.15, -0.1) is 0 Å². The molecule has 1 aromatic carbocycles. The third-order valence-electron chi connectivity index (χ3n) is 2.35. The predicted molar refractivity (Wildman–Crippen MR) is 74.1 cm³/mol. The summed E-state index contributed by atoms with van der Waals surface area (Å²) in [6.45, 7) is 9.54. The predicted octanol–water partition coefficient (Wildman–Crippen LogP) is 5.75. The Hall–Kier alpha value is -1.65. The zero-order chi connectivity index (χ0) is 15.9. The molecule has 1 heterocycles. The molecule has 0 spiro atoms. The summed E-state index contributed by atoms with van der Waals surface area (Å²) in [7, 11) is 0. The average Bonchev–Trinajstić information content (AvgIpc) is 2.42. The van der Waals surface area contributed by atoms with Gasteiger partial charge in [0.1, 0.15) is 5.82 Å². The van der Waals surface area contributed by atoms with Gasteiger partial charge in [-0.3, -0.25) is 4.98 Å². The van der Waals surface area contributed by atoms with Crippen LogP contribution in [0.3, 0.4) is 0 Å². The van der Waals surface area contributed by atoms with Crippen LogP contribution in [0.4, 0.5) is 17.6 Å². The summed E-state index contributed by atoms with van der Waals surface area (Å²) in [5, 5.41) is 0.163. The van der Waals surface area contributed by atoms with Crippen LogP contribution in [0.2, 0.25) is 0 Å². The largest absolute Gasteiger partial charge is 0.417 e. The molecule has 0 bridgehead atoms. The molecule has 0 amide bonds. The maximum Gasteiger partial charge on any atom is 0.417 e. The van der Waals surface area contributed by atoms with Gasteiger partial charge >= 0.3 is 6.18 Å². The maximum absolute atomic E-state index is 13.1. The van der Waals surface area contributed by atoms with Gasteiger partial charge in [-0.2, -0.15) is 13.2 Å². The molecule has 20 heavy (non-hydrogen) atoms. The topological polar surface area (TPSA) is 12.9 Å². The molecule has 112 valence electrons. The molecule has 0 atom stereocenters. The Morgan fingerprint density at radius 2 is 1.50 bits per heavy atom. The smallest absolute Gasteiger partial charge is 0.261 e. The Labute approximate surface area is 116 Å². The summed E-state index contributed by atoms with van der Waals surface area (Å²) in [6.07, 6.45) is -3.28. The molecule has 2 rings (SSSR count). The van der Waals surface area contributed by atoms with E-state index >= 15 is 0 Å². The lowest BCUT2D eigenvalue weighted by Crippen LogP contribution is -2.07. The summed E-state index contributed by atoms with van der Waals surface area (Å²) < 4.78 is 51.0. The Kier molecular flexibility index (Phi) is 7.18. The molecule has 2 aromatic rings. The highest BCUT2D eigenvalue weighted by atomic mass is 19.4. The number of benzene rings is 1. The van der Waals surface area contributed by atoms with E-state index in [1.54, 1.807) is 6.92 Å². The number of nitrogens with zero attached hydrogens (tertiary/aromatic N) is 1. The van der Waals surface area contributed by atoms with Crippen molar-refractivity contribution in [2.24, 2.45) is 0 Å². The molecule has 0 radical (unpaired) electrons. The van der Waals surface area contributed by atoms with Crippen molar-refractivity contribution in [3.05, 3.63) is 41.5 Å². The third kappa shape index (κ3) is 4.18. The fourth-order valence-electron chi connectivity index (χ4n) is 1.62. The van der Waals surface area contributed by atoms with Crippen molar-refractivity contribution in [2.75, 3.05) is 0 Å². The van der Waals surface area contributed by atoms with Gasteiger partial charge in [-0.1, -0.05) is 27.7 Å². The lowest BCUT2D eigenvalue weighted by molar-refractivity contribution is -0.136. The Morgan fingerprint density at radius 1 is 0.950 bits per heavy atom. The minimum atomic E-state index is -4.56. The van der Waals surface area contributed by atoms with Crippen molar-refractivity contribution in [1.29, 1.82) is 0 Å². The molecule has 0 aliphatic heterocycles. The molecule has 0 N–H and O–H groups in total. The van der Waals surface area contributed by atoms with Gasteiger partial charge in [-0.05, 0) is 30.5 Å². The van der Waals surface area contributed by atoms with E-state index in [0.29, 0.717) is 11.8 Å². The number of aromatic nitrogens is 1. The third-order valence-corrected chi connectivity index (χ3v) is 2.35. The lowest BCUT2D eigenvalue weighted by Gasteiger charge is -2.11. The highest BCUT2D eigenvalue weighted by Gasteiger charge is 2.33. The monoisotopic (exact) mass is 289 g/mol. The second kappa shape index (κ2) is 7.82. The molecule has 1 nitrogen and oxygen atoms in total.